The molecule has 1 aromatic rings. The first-order chi connectivity index (χ1) is 6.59. The summed E-state index contributed by atoms with van der Waals surface area (Å²) in [6, 6.07) is 2.12. The molecule has 1 unspecified atom stereocenters. The van der Waals surface area contributed by atoms with Crippen LogP contribution in [0, 0.1) is 12.8 Å². The molecule has 0 aromatic carbocycles. The molecule has 78 valence electrons. The lowest BCUT2D eigenvalue weighted by molar-refractivity contribution is 0.570. The number of pyridine rings is 1. The Hall–Kier alpha value is -0.370. The quantitative estimate of drug-likeness (QED) is 0.748. The van der Waals surface area contributed by atoms with Gasteiger partial charge in [0.1, 0.15) is 0 Å². The summed E-state index contributed by atoms with van der Waals surface area (Å²) < 4.78 is 0. The Morgan fingerprint density at radius 2 is 2.14 bits per heavy atom. The molecule has 0 saturated heterocycles. The molecule has 0 fully saturated rings. The minimum absolute atomic E-state index is 0.587. The monoisotopic (exact) mass is 255 g/mol. The van der Waals surface area contributed by atoms with Gasteiger partial charge in [0.05, 0.1) is 0 Å². The van der Waals surface area contributed by atoms with Crippen molar-refractivity contribution in [3.8, 4) is 0 Å². The zero-order valence-corrected chi connectivity index (χ0v) is 10.7. The highest BCUT2D eigenvalue weighted by Crippen LogP contribution is 2.19. The summed E-state index contributed by atoms with van der Waals surface area (Å²) >= 11 is 3.73. The number of aryl methyl sites for hydroxylation is 1. The van der Waals surface area contributed by atoms with E-state index in [0.29, 0.717) is 4.83 Å². The molecule has 1 nitrogen and oxygen atoms in total. The first kappa shape index (κ1) is 11.7. The Balaban J connectivity index is 2.56. The lowest BCUT2D eigenvalue weighted by Gasteiger charge is -2.13. The summed E-state index contributed by atoms with van der Waals surface area (Å²) in [7, 11) is 0. The normalized spacial score (nSPS) is 13.2. The SMILES string of the molecule is Cc1cnccc1CC(Br)CC(C)C. The summed E-state index contributed by atoms with van der Waals surface area (Å²) in [5.74, 6) is 0.751. The fraction of sp³-hybridized carbons (Fsp3) is 0.583. The molecule has 0 saturated carbocycles. The van der Waals surface area contributed by atoms with Gasteiger partial charge in [-0.25, -0.2) is 0 Å². The average Bonchev–Trinajstić information content (AvgIpc) is 2.07. The van der Waals surface area contributed by atoms with Crippen LogP contribution in [0.5, 0.6) is 0 Å². The highest BCUT2D eigenvalue weighted by molar-refractivity contribution is 9.09. The zero-order chi connectivity index (χ0) is 10.6. The number of alkyl halides is 1. The number of halogens is 1. The molecule has 1 heterocycles. The molecule has 0 amide bonds. The Kier molecular flexibility index (Phi) is 4.59. The molecule has 1 rings (SSSR count). The van der Waals surface area contributed by atoms with Crippen molar-refractivity contribution >= 4 is 15.9 Å². The molecule has 1 atom stereocenters. The summed E-state index contributed by atoms with van der Waals surface area (Å²) in [4.78, 5) is 4.68. The number of hydrogen-bond donors (Lipinski definition) is 0. The predicted molar refractivity (Wildman–Crippen MR) is 64.8 cm³/mol. The molecular formula is C12H18BrN. The van der Waals surface area contributed by atoms with E-state index in [4.69, 9.17) is 0 Å². The van der Waals surface area contributed by atoms with E-state index >= 15 is 0 Å². The molecule has 0 bridgehead atoms. The van der Waals surface area contributed by atoms with Crippen molar-refractivity contribution in [1.29, 1.82) is 0 Å². The Morgan fingerprint density at radius 3 is 2.71 bits per heavy atom. The van der Waals surface area contributed by atoms with Crippen LogP contribution in [0.1, 0.15) is 31.4 Å². The molecule has 0 radical (unpaired) electrons. The summed E-state index contributed by atoms with van der Waals surface area (Å²) in [5, 5.41) is 0. The van der Waals surface area contributed by atoms with E-state index in [1.54, 1.807) is 0 Å². The van der Waals surface area contributed by atoms with E-state index in [2.05, 4.69) is 47.8 Å². The van der Waals surface area contributed by atoms with Crippen LogP contribution in [0.2, 0.25) is 0 Å². The van der Waals surface area contributed by atoms with Crippen LogP contribution in [0.3, 0.4) is 0 Å². The van der Waals surface area contributed by atoms with Gasteiger partial charge in [0.2, 0.25) is 0 Å². The Bertz CT molecular complexity index is 283. The molecule has 0 aliphatic heterocycles. The van der Waals surface area contributed by atoms with Crippen molar-refractivity contribution in [2.45, 2.75) is 38.4 Å². The molecule has 1 aromatic heterocycles. The number of aromatic nitrogens is 1. The largest absolute Gasteiger partial charge is 0.264 e. The van der Waals surface area contributed by atoms with Crippen molar-refractivity contribution in [2.24, 2.45) is 5.92 Å². The van der Waals surface area contributed by atoms with E-state index in [1.807, 2.05) is 12.4 Å². The van der Waals surface area contributed by atoms with Gasteiger partial charge in [-0.2, -0.15) is 0 Å². The Morgan fingerprint density at radius 1 is 1.43 bits per heavy atom. The van der Waals surface area contributed by atoms with Gasteiger partial charge >= 0.3 is 0 Å². The predicted octanol–water partition coefficient (Wildman–Crippen LogP) is 3.74. The maximum Gasteiger partial charge on any atom is 0.0299 e. The lowest BCUT2D eigenvalue weighted by atomic mass is 10.0. The van der Waals surface area contributed by atoms with E-state index in [9.17, 15) is 0 Å². The third-order valence-corrected chi connectivity index (χ3v) is 3.00. The zero-order valence-electron chi connectivity index (χ0n) is 9.13. The van der Waals surface area contributed by atoms with Crippen molar-refractivity contribution in [2.75, 3.05) is 0 Å². The van der Waals surface area contributed by atoms with Crippen molar-refractivity contribution in [3.05, 3.63) is 29.6 Å². The van der Waals surface area contributed by atoms with Gasteiger partial charge in [0, 0.05) is 17.2 Å². The minimum Gasteiger partial charge on any atom is -0.264 e. The van der Waals surface area contributed by atoms with E-state index in [-0.39, 0.29) is 0 Å². The maximum absolute atomic E-state index is 4.10. The van der Waals surface area contributed by atoms with Gasteiger partial charge in [-0.15, -0.1) is 0 Å². The highest BCUT2D eigenvalue weighted by atomic mass is 79.9. The van der Waals surface area contributed by atoms with Crippen molar-refractivity contribution < 1.29 is 0 Å². The number of hydrogen-bond acceptors (Lipinski definition) is 1. The molecule has 2 heteroatoms. The first-order valence-corrected chi connectivity index (χ1v) is 6.04. The van der Waals surface area contributed by atoms with Gasteiger partial charge < -0.3 is 0 Å². The second kappa shape index (κ2) is 5.50. The summed E-state index contributed by atoms with van der Waals surface area (Å²) in [6.07, 6.45) is 6.14. The minimum atomic E-state index is 0.587. The topological polar surface area (TPSA) is 12.9 Å². The molecule has 0 spiro atoms. The van der Waals surface area contributed by atoms with Crippen LogP contribution >= 0.6 is 15.9 Å². The average molecular weight is 256 g/mol. The smallest absolute Gasteiger partial charge is 0.0299 e. The third kappa shape index (κ3) is 3.79. The Labute approximate surface area is 95.1 Å². The summed E-state index contributed by atoms with van der Waals surface area (Å²) in [6.45, 7) is 6.64. The van der Waals surface area contributed by atoms with Crippen LogP contribution in [0.25, 0.3) is 0 Å². The number of nitrogens with zero attached hydrogens (tertiary/aromatic N) is 1. The third-order valence-electron chi connectivity index (χ3n) is 2.31. The molecule has 0 aliphatic rings. The molecule has 14 heavy (non-hydrogen) atoms. The van der Waals surface area contributed by atoms with Gasteiger partial charge in [0.15, 0.2) is 0 Å². The highest BCUT2D eigenvalue weighted by Gasteiger charge is 2.09. The fourth-order valence-electron chi connectivity index (χ4n) is 1.56. The van der Waals surface area contributed by atoms with Crippen LogP contribution in [-0.4, -0.2) is 9.81 Å². The van der Waals surface area contributed by atoms with Crippen LogP contribution in [-0.2, 0) is 6.42 Å². The van der Waals surface area contributed by atoms with Crippen molar-refractivity contribution in [3.63, 3.8) is 0 Å². The standard InChI is InChI=1S/C12H18BrN/c1-9(2)6-12(13)7-11-4-5-14-8-10(11)3/h4-5,8-9,12H,6-7H2,1-3H3. The lowest BCUT2D eigenvalue weighted by Crippen LogP contribution is -2.07. The van der Waals surface area contributed by atoms with E-state index < -0.39 is 0 Å². The van der Waals surface area contributed by atoms with Gasteiger partial charge in [-0.05, 0) is 42.9 Å². The van der Waals surface area contributed by atoms with Crippen molar-refractivity contribution in [1.82, 2.24) is 4.98 Å². The van der Waals surface area contributed by atoms with Crippen LogP contribution in [0.4, 0.5) is 0 Å². The second-order valence-electron chi connectivity index (χ2n) is 4.23. The van der Waals surface area contributed by atoms with Gasteiger partial charge in [-0.1, -0.05) is 29.8 Å². The van der Waals surface area contributed by atoms with Gasteiger partial charge in [-0.3, -0.25) is 4.98 Å². The second-order valence-corrected chi connectivity index (χ2v) is 5.53. The van der Waals surface area contributed by atoms with Crippen LogP contribution in [0.15, 0.2) is 18.5 Å². The van der Waals surface area contributed by atoms with E-state index in [0.717, 1.165) is 12.3 Å². The summed E-state index contributed by atoms with van der Waals surface area (Å²) in [5.41, 5.74) is 2.70. The van der Waals surface area contributed by atoms with Crippen LogP contribution < -0.4 is 0 Å². The first-order valence-electron chi connectivity index (χ1n) is 5.13. The number of rotatable bonds is 4. The molecule has 0 N–H and O–H groups in total. The maximum atomic E-state index is 4.10. The fourth-order valence-corrected chi connectivity index (χ4v) is 2.66. The molecule has 0 aliphatic carbocycles. The molecular weight excluding hydrogens is 238 g/mol. The van der Waals surface area contributed by atoms with Gasteiger partial charge in [0.25, 0.3) is 0 Å². The van der Waals surface area contributed by atoms with E-state index in [1.165, 1.54) is 17.5 Å².